The molecule has 2 fully saturated rings. The van der Waals surface area contributed by atoms with Crippen LogP contribution < -0.4 is 10.1 Å². The summed E-state index contributed by atoms with van der Waals surface area (Å²) in [5.74, 6) is 0.992. The molecule has 1 aromatic heterocycles. The second-order valence-electron chi connectivity index (χ2n) is 12.6. The summed E-state index contributed by atoms with van der Waals surface area (Å²) < 4.78 is 51.4. The van der Waals surface area contributed by atoms with Gasteiger partial charge in [-0.25, -0.2) is 0 Å². The molecule has 6 rings (SSSR count). The van der Waals surface area contributed by atoms with Crippen molar-refractivity contribution in [2.75, 3.05) is 13.1 Å². The number of rotatable bonds is 7. The Morgan fingerprint density at radius 2 is 1.78 bits per heavy atom. The Kier molecular flexibility index (Phi) is 9.37. The van der Waals surface area contributed by atoms with Crippen LogP contribution in [0.25, 0.3) is 11.0 Å². The number of ether oxygens (including phenoxy) is 1. The molecule has 2 heterocycles. The standard InChI is InChI=1S/C37H38F3N3O3/c1-24-33-15-14-32(45-31-7-3-6-27(10-13-31)28-8-11-29(12-9-28)37(38,39)40)21-34(33)46-35(24)36(44)42-30-16-18-43(19-17-30)23-26-5-2-4-25(20-26)22-41/h2,4-5,8-9,11-12,14-15,20-21,27,30-31H,3,6-7,10,13,16-19,23H2,1H3,(H,42,44). The molecule has 6 nitrogen and oxygen atoms in total. The highest BCUT2D eigenvalue weighted by Gasteiger charge is 2.31. The molecule has 9 heteroatoms. The first-order valence-electron chi connectivity index (χ1n) is 16.1. The van der Waals surface area contributed by atoms with Crippen molar-refractivity contribution < 1.29 is 27.1 Å². The van der Waals surface area contributed by atoms with E-state index in [2.05, 4.69) is 16.3 Å². The van der Waals surface area contributed by atoms with Crippen LogP contribution in [0, 0.1) is 18.3 Å². The number of fused-ring (bicyclic) bond motifs is 1. The molecule has 3 aromatic carbocycles. The lowest BCUT2D eigenvalue weighted by molar-refractivity contribution is -0.137. The van der Waals surface area contributed by atoms with Crippen molar-refractivity contribution in [3.05, 3.63) is 100 Å². The van der Waals surface area contributed by atoms with E-state index in [4.69, 9.17) is 14.4 Å². The zero-order valence-electron chi connectivity index (χ0n) is 25.9. The van der Waals surface area contributed by atoms with Crippen molar-refractivity contribution in [2.24, 2.45) is 0 Å². The molecule has 1 saturated carbocycles. The van der Waals surface area contributed by atoms with Gasteiger partial charge in [-0.15, -0.1) is 0 Å². The second kappa shape index (κ2) is 13.6. The third kappa shape index (κ3) is 7.39. The first-order chi connectivity index (χ1) is 22.2. The largest absolute Gasteiger partial charge is 0.490 e. The lowest BCUT2D eigenvalue weighted by atomic mass is 9.91. The number of hydrogen-bond acceptors (Lipinski definition) is 5. The molecule has 2 aliphatic rings. The number of carbonyl (C=O) groups is 1. The number of hydrogen-bond donors (Lipinski definition) is 1. The minimum absolute atomic E-state index is 0.00289. The Morgan fingerprint density at radius 1 is 1.00 bits per heavy atom. The van der Waals surface area contributed by atoms with Crippen molar-refractivity contribution in [3.8, 4) is 11.8 Å². The van der Waals surface area contributed by atoms with Crippen LogP contribution in [0.5, 0.6) is 5.75 Å². The van der Waals surface area contributed by atoms with Gasteiger partial charge in [0.25, 0.3) is 5.91 Å². The number of benzene rings is 3. The molecule has 1 saturated heterocycles. The van der Waals surface area contributed by atoms with E-state index in [9.17, 15) is 18.0 Å². The molecule has 240 valence electrons. The predicted octanol–water partition coefficient (Wildman–Crippen LogP) is 8.52. The Morgan fingerprint density at radius 3 is 2.52 bits per heavy atom. The van der Waals surface area contributed by atoms with E-state index in [1.54, 1.807) is 12.1 Å². The average Bonchev–Trinajstić information content (AvgIpc) is 3.21. The molecule has 1 aliphatic carbocycles. The molecule has 4 aromatic rings. The fraction of sp³-hybridized carbons (Fsp3) is 0.405. The smallest absolute Gasteiger partial charge is 0.416 e. The SMILES string of the molecule is Cc1c(C(=O)NC2CCN(Cc3cccc(C#N)c3)CC2)oc2cc(OC3CCCC(c4ccc(C(F)(F)F)cc4)CC3)ccc12. The van der Waals surface area contributed by atoms with Gasteiger partial charge >= 0.3 is 6.18 Å². The summed E-state index contributed by atoms with van der Waals surface area (Å²) in [4.78, 5) is 15.6. The molecule has 1 N–H and O–H groups in total. The van der Waals surface area contributed by atoms with Crippen LogP contribution >= 0.6 is 0 Å². The van der Waals surface area contributed by atoms with Crippen LogP contribution in [-0.4, -0.2) is 36.0 Å². The fourth-order valence-corrected chi connectivity index (χ4v) is 6.84. The van der Waals surface area contributed by atoms with Gasteiger partial charge in [-0.1, -0.05) is 24.3 Å². The van der Waals surface area contributed by atoms with Gasteiger partial charge < -0.3 is 14.5 Å². The maximum Gasteiger partial charge on any atom is 0.416 e. The summed E-state index contributed by atoms with van der Waals surface area (Å²) >= 11 is 0. The van der Waals surface area contributed by atoms with Gasteiger partial charge in [0.05, 0.1) is 23.3 Å². The van der Waals surface area contributed by atoms with Crippen LogP contribution in [0.2, 0.25) is 0 Å². The quantitative estimate of drug-likeness (QED) is 0.207. The first-order valence-corrected chi connectivity index (χ1v) is 16.1. The Labute approximate surface area is 267 Å². The average molecular weight is 630 g/mol. The predicted molar refractivity (Wildman–Crippen MR) is 170 cm³/mol. The summed E-state index contributed by atoms with van der Waals surface area (Å²) in [5.41, 5.74) is 3.50. The van der Waals surface area contributed by atoms with Crippen LogP contribution in [0.4, 0.5) is 13.2 Å². The third-order valence-corrected chi connectivity index (χ3v) is 9.43. The zero-order chi connectivity index (χ0) is 32.3. The number of alkyl halides is 3. The van der Waals surface area contributed by atoms with Gasteiger partial charge in [-0.3, -0.25) is 9.69 Å². The number of piperidine rings is 1. The van der Waals surface area contributed by atoms with Crippen molar-refractivity contribution in [1.29, 1.82) is 5.26 Å². The molecular formula is C37H38F3N3O3. The number of amides is 1. The summed E-state index contributed by atoms with van der Waals surface area (Å²) in [5, 5.41) is 13.2. The van der Waals surface area contributed by atoms with E-state index >= 15 is 0 Å². The molecule has 0 spiro atoms. The maximum absolute atomic E-state index is 13.3. The number of aryl methyl sites for hydroxylation is 1. The lowest BCUT2D eigenvalue weighted by Gasteiger charge is -2.32. The van der Waals surface area contributed by atoms with E-state index in [1.807, 2.05) is 49.4 Å². The van der Waals surface area contributed by atoms with Crippen molar-refractivity contribution in [3.63, 3.8) is 0 Å². The number of furan rings is 1. The van der Waals surface area contributed by atoms with Gasteiger partial charge in [0.15, 0.2) is 5.76 Å². The van der Waals surface area contributed by atoms with E-state index in [0.717, 1.165) is 86.7 Å². The number of nitrogens with one attached hydrogen (secondary N) is 1. The van der Waals surface area contributed by atoms with Crippen LogP contribution in [0.3, 0.4) is 0 Å². The number of carbonyl (C=O) groups excluding carboxylic acids is 1. The molecular weight excluding hydrogens is 591 g/mol. The third-order valence-electron chi connectivity index (χ3n) is 9.43. The Hall–Kier alpha value is -4.29. The summed E-state index contributed by atoms with van der Waals surface area (Å²) in [6.45, 7) is 4.39. The highest BCUT2D eigenvalue weighted by Crippen LogP contribution is 2.36. The maximum atomic E-state index is 13.3. The highest BCUT2D eigenvalue weighted by molar-refractivity contribution is 5.99. The normalized spacial score (nSPS) is 19.8. The van der Waals surface area contributed by atoms with Gasteiger partial charge in [0.2, 0.25) is 0 Å². The molecule has 1 amide bonds. The van der Waals surface area contributed by atoms with Crippen molar-refractivity contribution in [1.82, 2.24) is 10.2 Å². The summed E-state index contributed by atoms with van der Waals surface area (Å²) in [6, 6.07) is 21.2. The highest BCUT2D eigenvalue weighted by atomic mass is 19.4. The topological polar surface area (TPSA) is 78.5 Å². The fourth-order valence-electron chi connectivity index (χ4n) is 6.84. The summed E-state index contributed by atoms with van der Waals surface area (Å²) in [7, 11) is 0. The molecule has 1 aliphatic heterocycles. The minimum atomic E-state index is -4.33. The van der Waals surface area contributed by atoms with E-state index < -0.39 is 11.7 Å². The van der Waals surface area contributed by atoms with Gasteiger partial charge in [-0.05, 0) is 105 Å². The molecule has 2 atom stereocenters. The van der Waals surface area contributed by atoms with Crippen molar-refractivity contribution >= 4 is 16.9 Å². The van der Waals surface area contributed by atoms with Crippen LogP contribution in [0.15, 0.2) is 71.1 Å². The van der Waals surface area contributed by atoms with Crippen molar-refractivity contribution in [2.45, 2.75) is 82.7 Å². The molecule has 2 unspecified atom stereocenters. The number of nitrogens with zero attached hydrogens (tertiary/aromatic N) is 2. The molecule has 0 radical (unpaired) electrons. The van der Waals surface area contributed by atoms with Gasteiger partial charge in [0, 0.05) is 42.7 Å². The Balaban J connectivity index is 1.02. The number of likely N-dealkylation sites (tertiary alicyclic amines) is 1. The van der Waals surface area contributed by atoms with Crippen LogP contribution in [0.1, 0.15) is 89.2 Å². The molecule has 0 bridgehead atoms. The van der Waals surface area contributed by atoms with Crippen LogP contribution in [-0.2, 0) is 12.7 Å². The second-order valence-corrected chi connectivity index (χ2v) is 12.6. The number of halogens is 3. The van der Waals surface area contributed by atoms with E-state index in [1.165, 1.54) is 12.1 Å². The summed E-state index contributed by atoms with van der Waals surface area (Å²) in [6.07, 6.45) is 1.69. The Bertz CT molecular complexity index is 1720. The van der Waals surface area contributed by atoms with Gasteiger partial charge in [0.1, 0.15) is 11.3 Å². The molecule has 46 heavy (non-hydrogen) atoms. The number of nitriles is 1. The van der Waals surface area contributed by atoms with E-state index in [-0.39, 0.29) is 24.0 Å². The zero-order valence-corrected chi connectivity index (χ0v) is 25.9. The van der Waals surface area contributed by atoms with Gasteiger partial charge in [-0.2, -0.15) is 18.4 Å². The minimum Gasteiger partial charge on any atom is -0.490 e. The lowest BCUT2D eigenvalue weighted by Crippen LogP contribution is -2.44. The van der Waals surface area contributed by atoms with E-state index in [0.29, 0.717) is 22.7 Å². The monoisotopic (exact) mass is 629 g/mol. The first kappa shape index (κ1) is 31.7.